The fourth-order valence-electron chi connectivity index (χ4n) is 4.71. The number of para-hydroxylation sites is 1. The number of hydrogen-bond donors (Lipinski definition) is 1. The summed E-state index contributed by atoms with van der Waals surface area (Å²) in [5, 5.41) is 2.70. The Morgan fingerprint density at radius 3 is 2.62 bits per heavy atom. The molecule has 3 aromatic carbocycles. The zero-order chi connectivity index (χ0) is 27.9. The third kappa shape index (κ3) is 6.55. The molecule has 1 N–H and O–H groups in total. The molecule has 1 unspecified atom stereocenters. The monoisotopic (exact) mass is 558 g/mol. The highest BCUT2D eigenvalue weighted by molar-refractivity contribution is 7.99. The largest absolute Gasteiger partial charge is 0.459 e. The third-order valence-corrected chi connectivity index (χ3v) is 7.80. The normalized spacial score (nSPS) is 17.2. The van der Waals surface area contributed by atoms with Crippen molar-refractivity contribution in [3.63, 3.8) is 0 Å². The molecule has 0 saturated carbocycles. The van der Waals surface area contributed by atoms with Gasteiger partial charge in [0.25, 0.3) is 5.91 Å². The molecule has 9 heteroatoms. The Morgan fingerprint density at radius 2 is 1.80 bits per heavy atom. The van der Waals surface area contributed by atoms with E-state index in [9.17, 15) is 14.4 Å². The van der Waals surface area contributed by atoms with E-state index < -0.39 is 17.9 Å². The summed E-state index contributed by atoms with van der Waals surface area (Å²) >= 11 is 1.57. The highest BCUT2D eigenvalue weighted by atomic mass is 32.2. The quantitative estimate of drug-likeness (QED) is 0.169. The maximum Gasteiger partial charge on any atom is 0.329 e. The van der Waals surface area contributed by atoms with E-state index in [4.69, 9.17) is 14.2 Å². The first kappa shape index (κ1) is 27.5. The zero-order valence-corrected chi connectivity index (χ0v) is 22.7. The number of nitrogens with zero attached hydrogens (tertiary/aromatic N) is 1. The van der Waals surface area contributed by atoms with Crippen molar-refractivity contribution in [2.75, 3.05) is 26.3 Å². The number of hydrogen-bond acceptors (Lipinski definition) is 7. The van der Waals surface area contributed by atoms with Crippen LogP contribution in [0, 0.1) is 5.92 Å². The molecular formula is C31H30N2O6S. The summed E-state index contributed by atoms with van der Waals surface area (Å²) in [5.74, 6) is 0.0487. The van der Waals surface area contributed by atoms with Gasteiger partial charge in [0, 0.05) is 18.0 Å². The molecule has 1 saturated heterocycles. The van der Waals surface area contributed by atoms with Crippen molar-refractivity contribution in [2.24, 2.45) is 5.92 Å². The molecule has 1 fully saturated rings. The minimum atomic E-state index is -0.750. The Morgan fingerprint density at radius 1 is 1.02 bits per heavy atom. The molecule has 2 aliphatic rings. The summed E-state index contributed by atoms with van der Waals surface area (Å²) in [6, 6.07) is 21.5. The van der Waals surface area contributed by atoms with Crippen molar-refractivity contribution >= 4 is 29.5 Å². The first-order chi connectivity index (χ1) is 19.5. The van der Waals surface area contributed by atoms with Crippen molar-refractivity contribution in [3.8, 4) is 11.5 Å². The number of benzene rings is 3. The molecule has 2 amide bonds. The van der Waals surface area contributed by atoms with Crippen LogP contribution in [0.3, 0.4) is 0 Å². The van der Waals surface area contributed by atoms with Gasteiger partial charge in [-0.05, 0) is 42.3 Å². The molecule has 0 aromatic heterocycles. The Bertz CT molecular complexity index is 1400. The summed E-state index contributed by atoms with van der Waals surface area (Å²) in [6.45, 7) is 4.63. The van der Waals surface area contributed by atoms with Crippen molar-refractivity contribution < 1.29 is 28.6 Å². The van der Waals surface area contributed by atoms with Gasteiger partial charge in [0.15, 0.2) is 0 Å². The smallest absolute Gasteiger partial charge is 0.329 e. The molecule has 0 radical (unpaired) electrons. The molecule has 0 spiro atoms. The zero-order valence-electron chi connectivity index (χ0n) is 21.9. The average molecular weight is 559 g/mol. The van der Waals surface area contributed by atoms with Crippen LogP contribution in [0.4, 0.5) is 0 Å². The van der Waals surface area contributed by atoms with Crippen LogP contribution in [-0.4, -0.2) is 55.0 Å². The van der Waals surface area contributed by atoms with Crippen LogP contribution in [0.1, 0.15) is 22.3 Å². The van der Waals surface area contributed by atoms with Gasteiger partial charge in [-0.25, -0.2) is 4.79 Å². The van der Waals surface area contributed by atoms with Crippen molar-refractivity contribution in [1.82, 2.24) is 10.2 Å². The first-order valence-electron chi connectivity index (χ1n) is 13.1. The van der Waals surface area contributed by atoms with Crippen molar-refractivity contribution in [2.45, 2.75) is 28.9 Å². The topological polar surface area (TPSA) is 94.2 Å². The van der Waals surface area contributed by atoms with E-state index in [1.807, 2.05) is 60.7 Å². The van der Waals surface area contributed by atoms with E-state index >= 15 is 0 Å². The predicted molar refractivity (Wildman–Crippen MR) is 150 cm³/mol. The minimum absolute atomic E-state index is 0.0351. The molecule has 0 aliphatic carbocycles. The highest BCUT2D eigenvalue weighted by Crippen LogP contribution is 2.46. The second kappa shape index (κ2) is 12.8. The van der Waals surface area contributed by atoms with Crippen LogP contribution in [0.15, 0.2) is 95.2 Å². The maximum atomic E-state index is 13.2. The Balaban J connectivity index is 1.20. The van der Waals surface area contributed by atoms with Gasteiger partial charge in [-0.15, -0.1) is 6.58 Å². The summed E-state index contributed by atoms with van der Waals surface area (Å²) in [5.41, 5.74) is 1.24. The number of carbonyl (C=O) groups excluding carboxylic acids is 3. The Kier molecular flexibility index (Phi) is 8.83. The number of ether oxygens (including phenoxy) is 3. The van der Waals surface area contributed by atoms with Gasteiger partial charge in [-0.3, -0.25) is 9.59 Å². The standard InChI is InChI=1S/C31H30N2O6S/c1-2-14-37-19-22-15-24(31(36)38-20-21-8-4-3-5-9-21)33(18-22)29(34)17-32-30(35)23-12-13-28-26(16-23)39-25-10-6-7-11-27(25)40-28/h2-13,16,22,24H,1,14-15,17-20H2,(H,32,35)/t22?,24-/m0/s1. The lowest BCUT2D eigenvalue weighted by atomic mass is 10.1. The van der Waals surface area contributed by atoms with Crippen LogP contribution in [-0.2, 0) is 25.7 Å². The lowest BCUT2D eigenvalue weighted by Crippen LogP contribution is -2.46. The summed E-state index contributed by atoms with van der Waals surface area (Å²) in [6.07, 6.45) is 2.08. The number of nitrogens with one attached hydrogen (secondary N) is 1. The number of likely N-dealkylation sites (tertiary alicyclic amines) is 1. The molecular weight excluding hydrogens is 528 g/mol. The van der Waals surface area contributed by atoms with Crippen molar-refractivity contribution in [1.29, 1.82) is 0 Å². The van der Waals surface area contributed by atoms with E-state index in [2.05, 4.69) is 11.9 Å². The number of esters is 1. The SMILES string of the molecule is C=CCOCC1C[C@@H](C(=O)OCc2ccccc2)N(C(=O)CNC(=O)c2ccc3c(c2)Oc2ccccc2S3)C1. The molecule has 40 heavy (non-hydrogen) atoms. The first-order valence-corrected chi connectivity index (χ1v) is 13.9. The van der Waals surface area contributed by atoms with Gasteiger partial charge in [0.1, 0.15) is 24.1 Å². The van der Waals surface area contributed by atoms with Gasteiger partial charge in [0.05, 0.1) is 29.5 Å². The van der Waals surface area contributed by atoms with E-state index in [1.165, 1.54) is 4.90 Å². The highest BCUT2D eigenvalue weighted by Gasteiger charge is 2.40. The summed E-state index contributed by atoms with van der Waals surface area (Å²) < 4.78 is 17.1. The minimum Gasteiger partial charge on any atom is -0.459 e. The van der Waals surface area contributed by atoms with Crippen LogP contribution >= 0.6 is 11.8 Å². The molecule has 2 atom stereocenters. The van der Waals surface area contributed by atoms with Gasteiger partial charge in [-0.2, -0.15) is 0 Å². The van der Waals surface area contributed by atoms with Crippen LogP contribution in [0.2, 0.25) is 0 Å². The lowest BCUT2D eigenvalue weighted by Gasteiger charge is -2.23. The number of carbonyl (C=O) groups is 3. The van der Waals surface area contributed by atoms with Crippen molar-refractivity contribution in [3.05, 3.63) is 96.6 Å². The maximum absolute atomic E-state index is 13.2. The van der Waals surface area contributed by atoms with Gasteiger partial charge < -0.3 is 24.4 Å². The fraction of sp³-hybridized carbons (Fsp3) is 0.258. The average Bonchev–Trinajstić information content (AvgIpc) is 3.42. The molecule has 3 aromatic rings. The number of fused-ring (bicyclic) bond motifs is 2. The summed E-state index contributed by atoms with van der Waals surface area (Å²) in [4.78, 5) is 42.6. The third-order valence-electron chi connectivity index (χ3n) is 6.69. The molecule has 5 rings (SSSR count). The second-order valence-corrected chi connectivity index (χ2v) is 10.7. The molecule has 206 valence electrons. The Labute approximate surface area is 237 Å². The van der Waals surface area contributed by atoms with Crippen LogP contribution in [0.25, 0.3) is 0 Å². The van der Waals surface area contributed by atoms with E-state index in [-0.39, 0.29) is 25.0 Å². The van der Waals surface area contributed by atoms with E-state index in [1.54, 1.807) is 30.0 Å². The van der Waals surface area contributed by atoms with Gasteiger partial charge in [0.2, 0.25) is 5.91 Å². The Hall–Kier alpha value is -4.08. The van der Waals surface area contributed by atoms with E-state index in [0.717, 1.165) is 21.1 Å². The molecule has 8 nitrogen and oxygen atoms in total. The number of rotatable bonds is 10. The van der Waals surface area contributed by atoms with E-state index in [0.29, 0.717) is 37.5 Å². The van der Waals surface area contributed by atoms with Crippen LogP contribution in [0.5, 0.6) is 11.5 Å². The fourth-order valence-corrected chi connectivity index (χ4v) is 5.65. The van der Waals surface area contributed by atoms with Gasteiger partial charge >= 0.3 is 5.97 Å². The molecule has 2 heterocycles. The van der Waals surface area contributed by atoms with Gasteiger partial charge in [-0.1, -0.05) is 60.3 Å². The van der Waals surface area contributed by atoms with Crippen LogP contribution < -0.4 is 10.1 Å². The molecule has 2 aliphatic heterocycles. The lowest BCUT2D eigenvalue weighted by molar-refractivity contribution is -0.154. The predicted octanol–water partition coefficient (Wildman–Crippen LogP) is 4.84. The molecule has 0 bridgehead atoms. The summed E-state index contributed by atoms with van der Waals surface area (Å²) in [7, 11) is 0. The number of amides is 2. The second-order valence-electron chi connectivity index (χ2n) is 9.58.